The maximum absolute atomic E-state index is 5.52. The van der Waals surface area contributed by atoms with Crippen molar-refractivity contribution in [2.75, 3.05) is 60.4 Å². The predicted octanol–water partition coefficient (Wildman–Crippen LogP) is 2.64. The van der Waals surface area contributed by atoms with Gasteiger partial charge in [0.2, 0.25) is 0 Å². The van der Waals surface area contributed by atoms with Crippen molar-refractivity contribution in [1.29, 1.82) is 0 Å². The van der Waals surface area contributed by atoms with Crippen LogP contribution in [0.4, 0.5) is 0 Å². The summed E-state index contributed by atoms with van der Waals surface area (Å²) in [5, 5.41) is 3.42. The molecule has 140 valence electrons. The van der Waals surface area contributed by atoms with Gasteiger partial charge in [-0.2, -0.15) is 0 Å². The van der Waals surface area contributed by atoms with Crippen LogP contribution in [0, 0.1) is 10.8 Å². The quantitative estimate of drug-likeness (QED) is 0.481. The molecule has 0 aliphatic carbocycles. The Morgan fingerprint density at radius 2 is 1.30 bits per heavy atom. The van der Waals surface area contributed by atoms with Gasteiger partial charge in [-0.25, -0.2) is 0 Å². The van der Waals surface area contributed by atoms with Crippen LogP contribution in [0.5, 0.6) is 0 Å². The largest absolute Gasteiger partial charge is 0.329 e. The first-order chi connectivity index (χ1) is 10.6. The van der Waals surface area contributed by atoms with Gasteiger partial charge in [0.15, 0.2) is 0 Å². The molecule has 0 saturated carbocycles. The molecule has 0 aromatic heterocycles. The van der Waals surface area contributed by atoms with Crippen LogP contribution >= 0.6 is 0 Å². The monoisotopic (exact) mass is 328 g/mol. The highest BCUT2D eigenvalue weighted by Crippen LogP contribution is 2.35. The normalized spacial score (nSPS) is 13.3. The van der Waals surface area contributed by atoms with Crippen LogP contribution in [0.15, 0.2) is 0 Å². The van der Waals surface area contributed by atoms with Gasteiger partial charge in [-0.3, -0.25) is 0 Å². The maximum Gasteiger partial charge on any atom is 0.0106 e. The molecule has 4 nitrogen and oxygen atoms in total. The molecule has 0 aliphatic rings. The number of nitrogens with zero attached hydrogens (tertiary/aromatic N) is 2. The zero-order valence-electron chi connectivity index (χ0n) is 17.0. The average molecular weight is 329 g/mol. The van der Waals surface area contributed by atoms with E-state index >= 15 is 0 Å². The minimum Gasteiger partial charge on any atom is -0.329 e. The molecule has 0 radical (unpaired) electrons. The lowest BCUT2D eigenvalue weighted by molar-refractivity contribution is 0.187. The molecule has 3 N–H and O–H groups in total. The van der Waals surface area contributed by atoms with Crippen molar-refractivity contribution in [1.82, 2.24) is 15.1 Å². The third-order valence-electron chi connectivity index (χ3n) is 4.88. The first-order valence-electron chi connectivity index (χ1n) is 9.32. The molecule has 0 amide bonds. The van der Waals surface area contributed by atoms with E-state index in [1.165, 1.54) is 32.2 Å². The van der Waals surface area contributed by atoms with Crippen molar-refractivity contribution >= 4 is 0 Å². The summed E-state index contributed by atoms with van der Waals surface area (Å²) in [6.07, 6.45) is 5.11. The topological polar surface area (TPSA) is 44.5 Å². The minimum absolute atomic E-state index is 0.412. The summed E-state index contributed by atoms with van der Waals surface area (Å²) in [6.45, 7) is 15.9. The number of rotatable bonds is 14. The van der Waals surface area contributed by atoms with Crippen LogP contribution < -0.4 is 11.1 Å². The predicted molar refractivity (Wildman–Crippen MR) is 104 cm³/mol. The van der Waals surface area contributed by atoms with Gasteiger partial charge in [-0.1, -0.05) is 27.7 Å². The van der Waals surface area contributed by atoms with E-state index in [9.17, 15) is 0 Å². The molecule has 0 rings (SSSR count). The van der Waals surface area contributed by atoms with E-state index in [0.717, 1.165) is 32.7 Å². The molecule has 0 atom stereocenters. The lowest BCUT2D eigenvalue weighted by Gasteiger charge is -2.32. The van der Waals surface area contributed by atoms with E-state index in [1.807, 2.05) is 0 Å². The molecule has 0 spiro atoms. The Kier molecular flexibility index (Phi) is 11.3. The van der Waals surface area contributed by atoms with Gasteiger partial charge in [-0.15, -0.1) is 0 Å². The number of likely N-dealkylation sites (N-methyl/N-ethyl adjacent to an activating group) is 2. The number of nitrogens with one attached hydrogen (secondary N) is 1. The lowest BCUT2D eigenvalue weighted by Crippen LogP contribution is -2.32. The molecule has 0 aromatic rings. The van der Waals surface area contributed by atoms with Crippen LogP contribution in [-0.4, -0.2) is 70.2 Å². The first kappa shape index (κ1) is 22.8. The average Bonchev–Trinajstić information content (AvgIpc) is 2.46. The molecule has 0 unspecified atom stereocenters. The van der Waals surface area contributed by atoms with Gasteiger partial charge in [0.1, 0.15) is 0 Å². The number of hydrogen-bond acceptors (Lipinski definition) is 4. The van der Waals surface area contributed by atoms with Gasteiger partial charge in [0.25, 0.3) is 0 Å². The van der Waals surface area contributed by atoms with Crippen LogP contribution in [0.2, 0.25) is 0 Å². The summed E-state index contributed by atoms with van der Waals surface area (Å²) in [6, 6.07) is 0. The fourth-order valence-electron chi connectivity index (χ4n) is 2.56. The Morgan fingerprint density at radius 1 is 0.739 bits per heavy atom. The van der Waals surface area contributed by atoms with E-state index in [1.54, 1.807) is 0 Å². The number of hydrogen-bond donors (Lipinski definition) is 2. The minimum atomic E-state index is 0.412. The zero-order chi connectivity index (χ0) is 17.9. The Hall–Kier alpha value is -0.160. The van der Waals surface area contributed by atoms with E-state index in [2.05, 4.69) is 64.0 Å². The van der Waals surface area contributed by atoms with Crippen molar-refractivity contribution in [3.05, 3.63) is 0 Å². The molecule has 23 heavy (non-hydrogen) atoms. The first-order valence-corrected chi connectivity index (χ1v) is 9.32. The fourth-order valence-corrected chi connectivity index (χ4v) is 2.56. The van der Waals surface area contributed by atoms with Crippen LogP contribution in [-0.2, 0) is 0 Å². The van der Waals surface area contributed by atoms with Crippen LogP contribution in [0.1, 0.15) is 53.4 Å². The Bertz CT molecular complexity index is 287. The van der Waals surface area contributed by atoms with E-state index in [0.29, 0.717) is 10.8 Å². The summed E-state index contributed by atoms with van der Waals surface area (Å²) in [4.78, 5) is 4.71. The fraction of sp³-hybridized carbons (Fsp3) is 1.00. The second-order valence-corrected chi connectivity index (χ2v) is 8.97. The Balaban J connectivity index is 4.00. The Morgan fingerprint density at radius 3 is 1.83 bits per heavy atom. The van der Waals surface area contributed by atoms with E-state index in [4.69, 9.17) is 5.73 Å². The molecule has 0 heterocycles. The highest BCUT2D eigenvalue weighted by molar-refractivity contribution is 4.77. The SMILES string of the molecule is CN(C)CCN(C)CCC(C)(C)CCC(C)(C)CCNCCN. The summed E-state index contributed by atoms with van der Waals surface area (Å²) >= 11 is 0. The van der Waals surface area contributed by atoms with Crippen LogP contribution in [0.25, 0.3) is 0 Å². The molecule has 0 bridgehead atoms. The van der Waals surface area contributed by atoms with Crippen LogP contribution in [0.3, 0.4) is 0 Å². The summed E-state index contributed by atoms with van der Waals surface area (Å²) in [5.74, 6) is 0. The smallest absolute Gasteiger partial charge is 0.0106 e. The van der Waals surface area contributed by atoms with Gasteiger partial charge in [0, 0.05) is 26.2 Å². The van der Waals surface area contributed by atoms with Crippen molar-refractivity contribution in [2.24, 2.45) is 16.6 Å². The van der Waals surface area contributed by atoms with Crippen molar-refractivity contribution < 1.29 is 0 Å². The van der Waals surface area contributed by atoms with E-state index in [-0.39, 0.29) is 0 Å². The van der Waals surface area contributed by atoms with Gasteiger partial charge in [-0.05, 0) is 70.7 Å². The molecule has 0 aliphatic heterocycles. The maximum atomic E-state index is 5.52. The molecular weight excluding hydrogens is 284 g/mol. The van der Waals surface area contributed by atoms with Crippen molar-refractivity contribution in [3.8, 4) is 0 Å². The molecular formula is C19H44N4. The molecule has 0 aromatic carbocycles. The number of nitrogens with two attached hydrogens (primary N) is 1. The Labute approximate surface area is 146 Å². The summed E-state index contributed by atoms with van der Waals surface area (Å²) in [5.41, 5.74) is 6.36. The molecule has 0 saturated heterocycles. The molecule has 0 fully saturated rings. The summed E-state index contributed by atoms with van der Waals surface area (Å²) < 4.78 is 0. The second-order valence-electron chi connectivity index (χ2n) is 8.97. The van der Waals surface area contributed by atoms with E-state index < -0.39 is 0 Å². The standard InChI is InChI=1S/C19H44N4/c1-18(2,10-13-21-14-12-20)8-9-19(3,4)11-15-23(7)17-16-22(5)6/h21H,8-17,20H2,1-7H3. The van der Waals surface area contributed by atoms with Gasteiger partial charge in [0.05, 0.1) is 0 Å². The third-order valence-corrected chi connectivity index (χ3v) is 4.88. The van der Waals surface area contributed by atoms with Crippen molar-refractivity contribution in [2.45, 2.75) is 53.4 Å². The second kappa shape index (κ2) is 11.4. The lowest BCUT2D eigenvalue weighted by atomic mass is 9.76. The highest BCUT2D eigenvalue weighted by Gasteiger charge is 2.24. The zero-order valence-corrected chi connectivity index (χ0v) is 17.0. The van der Waals surface area contributed by atoms with Gasteiger partial charge >= 0.3 is 0 Å². The third kappa shape index (κ3) is 13.9. The van der Waals surface area contributed by atoms with Gasteiger partial charge < -0.3 is 20.9 Å². The van der Waals surface area contributed by atoms with Crippen molar-refractivity contribution in [3.63, 3.8) is 0 Å². The molecule has 4 heteroatoms. The highest BCUT2D eigenvalue weighted by atomic mass is 15.1. The summed E-state index contributed by atoms with van der Waals surface area (Å²) in [7, 11) is 6.52.